The summed E-state index contributed by atoms with van der Waals surface area (Å²) in [5.41, 5.74) is -0.528. The van der Waals surface area contributed by atoms with E-state index in [4.69, 9.17) is 0 Å². The summed E-state index contributed by atoms with van der Waals surface area (Å²) in [6, 6.07) is 0.666. The van der Waals surface area contributed by atoms with Crippen molar-refractivity contribution in [3.8, 4) is 0 Å². The lowest BCUT2D eigenvalue weighted by Crippen LogP contribution is -2.52. The fourth-order valence-electron chi connectivity index (χ4n) is 4.16. The number of aliphatic carboxylic acids is 1. The van der Waals surface area contributed by atoms with Crippen molar-refractivity contribution in [1.29, 1.82) is 0 Å². The van der Waals surface area contributed by atoms with Crippen LogP contribution in [0.1, 0.15) is 65.2 Å². The van der Waals surface area contributed by atoms with Crippen LogP contribution in [0, 0.1) is 11.3 Å². The number of hydrogen-bond donors (Lipinski definition) is 1. The van der Waals surface area contributed by atoms with Crippen LogP contribution in [0.5, 0.6) is 0 Å². The molecular weight excluding hydrogens is 238 g/mol. The summed E-state index contributed by atoms with van der Waals surface area (Å²) in [5.74, 6) is 0.234. The molecule has 0 amide bonds. The van der Waals surface area contributed by atoms with E-state index < -0.39 is 11.4 Å². The van der Waals surface area contributed by atoms with E-state index in [1.165, 1.54) is 38.5 Å². The van der Waals surface area contributed by atoms with Crippen LogP contribution in [0.25, 0.3) is 0 Å². The van der Waals surface area contributed by atoms with Gasteiger partial charge in [0.15, 0.2) is 0 Å². The molecule has 2 aliphatic rings. The van der Waals surface area contributed by atoms with Gasteiger partial charge in [0, 0.05) is 12.6 Å². The average molecular weight is 267 g/mol. The van der Waals surface area contributed by atoms with Crippen LogP contribution < -0.4 is 0 Å². The predicted molar refractivity (Wildman–Crippen MR) is 77.2 cm³/mol. The summed E-state index contributed by atoms with van der Waals surface area (Å²) in [6.45, 7) is 5.92. The highest BCUT2D eigenvalue weighted by atomic mass is 16.4. The van der Waals surface area contributed by atoms with Crippen LogP contribution in [0.4, 0.5) is 0 Å². The van der Waals surface area contributed by atoms with Gasteiger partial charge in [0.2, 0.25) is 0 Å². The molecule has 2 rings (SSSR count). The average Bonchev–Trinajstić information content (AvgIpc) is 2.44. The molecule has 1 heterocycles. The SMILES string of the molecule is CCC(CC)(CN1CCC[C@H]2CCCC[C@H]21)C(=O)O. The Morgan fingerprint density at radius 2 is 1.79 bits per heavy atom. The second kappa shape index (κ2) is 6.25. The Kier molecular flexibility index (Phi) is 4.88. The fourth-order valence-corrected chi connectivity index (χ4v) is 4.16. The van der Waals surface area contributed by atoms with Crippen molar-refractivity contribution in [1.82, 2.24) is 4.90 Å². The Balaban J connectivity index is 2.09. The summed E-state index contributed by atoms with van der Waals surface area (Å²) in [5, 5.41) is 9.62. The molecule has 0 aromatic rings. The van der Waals surface area contributed by atoms with Crippen molar-refractivity contribution in [2.45, 2.75) is 71.3 Å². The molecule has 0 spiro atoms. The zero-order valence-electron chi connectivity index (χ0n) is 12.5. The minimum atomic E-state index is -0.601. The Labute approximate surface area is 117 Å². The number of hydrogen-bond acceptors (Lipinski definition) is 2. The normalized spacial score (nSPS) is 28.9. The lowest BCUT2D eigenvalue weighted by molar-refractivity contribution is -0.152. The van der Waals surface area contributed by atoms with Gasteiger partial charge in [0.1, 0.15) is 0 Å². The maximum absolute atomic E-state index is 11.7. The number of carboxylic acids is 1. The lowest BCUT2D eigenvalue weighted by Gasteiger charge is -2.47. The van der Waals surface area contributed by atoms with Crippen LogP contribution in [-0.4, -0.2) is 35.1 Å². The smallest absolute Gasteiger partial charge is 0.310 e. The zero-order chi connectivity index (χ0) is 13.9. The van der Waals surface area contributed by atoms with Gasteiger partial charge in [-0.15, -0.1) is 0 Å². The largest absolute Gasteiger partial charge is 0.481 e. The van der Waals surface area contributed by atoms with E-state index in [2.05, 4.69) is 4.90 Å². The summed E-state index contributed by atoms with van der Waals surface area (Å²) in [4.78, 5) is 14.2. The van der Waals surface area contributed by atoms with Crippen LogP contribution in [-0.2, 0) is 4.79 Å². The van der Waals surface area contributed by atoms with E-state index in [1.807, 2.05) is 13.8 Å². The van der Waals surface area contributed by atoms with E-state index in [0.29, 0.717) is 6.04 Å². The van der Waals surface area contributed by atoms with Gasteiger partial charge in [-0.3, -0.25) is 9.69 Å². The molecule has 1 aliphatic carbocycles. The molecule has 3 nitrogen and oxygen atoms in total. The monoisotopic (exact) mass is 267 g/mol. The number of carboxylic acid groups (broad SMARTS) is 1. The van der Waals surface area contributed by atoms with Gasteiger partial charge < -0.3 is 5.11 Å². The maximum Gasteiger partial charge on any atom is 0.310 e. The quantitative estimate of drug-likeness (QED) is 0.828. The van der Waals surface area contributed by atoms with Crippen LogP contribution in [0.2, 0.25) is 0 Å². The number of likely N-dealkylation sites (tertiary alicyclic amines) is 1. The summed E-state index contributed by atoms with van der Waals surface area (Å²) < 4.78 is 0. The first-order valence-corrected chi connectivity index (χ1v) is 8.10. The van der Waals surface area contributed by atoms with E-state index in [0.717, 1.165) is 31.8 Å². The molecular formula is C16H29NO2. The molecule has 1 saturated heterocycles. The second-order valence-corrected chi connectivity index (χ2v) is 6.52. The van der Waals surface area contributed by atoms with E-state index >= 15 is 0 Å². The van der Waals surface area contributed by atoms with Gasteiger partial charge in [-0.25, -0.2) is 0 Å². The summed E-state index contributed by atoms with van der Waals surface area (Å²) in [7, 11) is 0. The van der Waals surface area contributed by atoms with E-state index in [9.17, 15) is 9.90 Å². The van der Waals surface area contributed by atoms with E-state index in [-0.39, 0.29) is 0 Å². The molecule has 1 aliphatic heterocycles. The van der Waals surface area contributed by atoms with Gasteiger partial charge >= 0.3 is 5.97 Å². The van der Waals surface area contributed by atoms with Crippen molar-refractivity contribution in [3.63, 3.8) is 0 Å². The molecule has 1 N–H and O–H groups in total. The summed E-state index contributed by atoms with van der Waals surface area (Å²) >= 11 is 0. The highest BCUT2D eigenvalue weighted by Crippen LogP contribution is 2.38. The minimum absolute atomic E-state index is 0.528. The summed E-state index contributed by atoms with van der Waals surface area (Å²) in [6.07, 6.45) is 9.45. The Bertz CT molecular complexity index is 310. The van der Waals surface area contributed by atoms with Crippen molar-refractivity contribution >= 4 is 5.97 Å². The van der Waals surface area contributed by atoms with Crippen molar-refractivity contribution in [2.24, 2.45) is 11.3 Å². The third-order valence-corrected chi connectivity index (χ3v) is 5.67. The molecule has 3 heteroatoms. The molecule has 2 atom stereocenters. The first kappa shape index (κ1) is 14.8. The van der Waals surface area contributed by atoms with Crippen LogP contribution >= 0.6 is 0 Å². The van der Waals surface area contributed by atoms with Gasteiger partial charge in [0.05, 0.1) is 5.41 Å². The number of piperidine rings is 1. The number of carbonyl (C=O) groups is 1. The second-order valence-electron chi connectivity index (χ2n) is 6.52. The molecule has 0 bridgehead atoms. The number of fused-ring (bicyclic) bond motifs is 1. The van der Waals surface area contributed by atoms with Crippen molar-refractivity contribution < 1.29 is 9.90 Å². The van der Waals surface area contributed by atoms with E-state index in [1.54, 1.807) is 0 Å². The predicted octanol–water partition coefficient (Wildman–Crippen LogP) is 3.53. The highest BCUT2D eigenvalue weighted by molar-refractivity contribution is 5.74. The Morgan fingerprint density at radius 1 is 1.16 bits per heavy atom. The fraction of sp³-hybridized carbons (Fsp3) is 0.938. The molecule has 0 radical (unpaired) electrons. The third-order valence-electron chi connectivity index (χ3n) is 5.67. The highest BCUT2D eigenvalue weighted by Gasteiger charge is 2.41. The van der Waals surface area contributed by atoms with Gasteiger partial charge in [-0.1, -0.05) is 26.7 Å². The molecule has 0 unspecified atom stereocenters. The van der Waals surface area contributed by atoms with Crippen LogP contribution in [0.3, 0.4) is 0 Å². The minimum Gasteiger partial charge on any atom is -0.481 e. The molecule has 2 fully saturated rings. The number of rotatable bonds is 5. The molecule has 19 heavy (non-hydrogen) atoms. The maximum atomic E-state index is 11.7. The first-order chi connectivity index (χ1) is 9.13. The zero-order valence-corrected chi connectivity index (χ0v) is 12.5. The molecule has 0 aromatic heterocycles. The van der Waals surface area contributed by atoms with Gasteiger partial charge in [-0.2, -0.15) is 0 Å². The van der Waals surface area contributed by atoms with Gasteiger partial charge in [0.25, 0.3) is 0 Å². The lowest BCUT2D eigenvalue weighted by atomic mass is 9.75. The first-order valence-electron chi connectivity index (χ1n) is 8.10. The third kappa shape index (κ3) is 2.96. The van der Waals surface area contributed by atoms with Crippen LogP contribution in [0.15, 0.2) is 0 Å². The molecule has 1 saturated carbocycles. The van der Waals surface area contributed by atoms with Crippen molar-refractivity contribution in [2.75, 3.05) is 13.1 Å². The molecule has 110 valence electrons. The van der Waals surface area contributed by atoms with Gasteiger partial charge in [-0.05, 0) is 51.0 Å². The Morgan fingerprint density at radius 3 is 2.42 bits per heavy atom. The molecule has 0 aromatic carbocycles. The standard InChI is InChI=1S/C16H29NO2/c1-3-16(4-2,15(18)19)12-17-11-7-9-13-8-5-6-10-14(13)17/h13-14H,3-12H2,1-2H3,(H,18,19)/t13-,14-/m1/s1. The topological polar surface area (TPSA) is 40.5 Å². The Hall–Kier alpha value is -0.570. The van der Waals surface area contributed by atoms with Crippen molar-refractivity contribution in [3.05, 3.63) is 0 Å². The number of nitrogens with zero attached hydrogens (tertiary/aromatic N) is 1.